The summed E-state index contributed by atoms with van der Waals surface area (Å²) in [6, 6.07) is 9.02. The van der Waals surface area contributed by atoms with Crippen molar-refractivity contribution in [3.8, 4) is 0 Å². The summed E-state index contributed by atoms with van der Waals surface area (Å²) in [7, 11) is 0. The zero-order valence-corrected chi connectivity index (χ0v) is 12.4. The van der Waals surface area contributed by atoms with Gasteiger partial charge in [0.25, 0.3) is 0 Å². The Morgan fingerprint density at radius 3 is 3.00 bits per heavy atom. The second-order valence-corrected chi connectivity index (χ2v) is 6.22. The topological polar surface area (TPSA) is 41.1 Å². The Balaban J connectivity index is 1.77. The van der Waals surface area contributed by atoms with Gasteiger partial charge in [-0.2, -0.15) is 0 Å². The summed E-state index contributed by atoms with van der Waals surface area (Å²) >= 11 is 1.62. The van der Waals surface area contributed by atoms with Gasteiger partial charge in [0.2, 0.25) is 5.91 Å². The first-order valence-electron chi connectivity index (χ1n) is 6.86. The number of nitrogens with one attached hydrogen (secondary N) is 2. The molecule has 104 valence electrons. The number of thioether (sulfide) groups is 1. The maximum atomic E-state index is 12.0. The molecule has 1 fully saturated rings. The minimum absolute atomic E-state index is 0.146. The summed E-state index contributed by atoms with van der Waals surface area (Å²) in [5, 5.41) is 6.53. The molecule has 1 heterocycles. The van der Waals surface area contributed by atoms with Gasteiger partial charge in [-0.3, -0.25) is 4.79 Å². The van der Waals surface area contributed by atoms with Gasteiger partial charge in [0.15, 0.2) is 0 Å². The van der Waals surface area contributed by atoms with Crippen LogP contribution in [0.3, 0.4) is 0 Å². The normalized spacial score (nSPS) is 23.1. The average molecular weight is 278 g/mol. The molecule has 4 heteroatoms. The number of benzene rings is 1. The molecular formula is C15H22N2OS. The summed E-state index contributed by atoms with van der Waals surface area (Å²) in [6.45, 7) is 5.24. The van der Waals surface area contributed by atoms with Crippen molar-refractivity contribution in [2.24, 2.45) is 0 Å². The fraction of sp³-hybridized carbons (Fsp3) is 0.533. The van der Waals surface area contributed by atoms with Crippen LogP contribution in [0.25, 0.3) is 0 Å². The van der Waals surface area contributed by atoms with Crippen molar-refractivity contribution >= 4 is 17.7 Å². The summed E-state index contributed by atoms with van der Waals surface area (Å²) in [5.41, 5.74) is 1.23. The highest BCUT2D eigenvalue weighted by atomic mass is 32.2. The van der Waals surface area contributed by atoms with Crippen LogP contribution in [0.2, 0.25) is 0 Å². The molecule has 1 amide bonds. The van der Waals surface area contributed by atoms with E-state index in [0.29, 0.717) is 17.8 Å². The Labute approximate surface area is 119 Å². The van der Waals surface area contributed by atoms with Crippen molar-refractivity contribution in [2.75, 3.05) is 12.3 Å². The van der Waals surface area contributed by atoms with Crippen LogP contribution >= 0.6 is 11.8 Å². The van der Waals surface area contributed by atoms with Crippen molar-refractivity contribution in [2.45, 2.75) is 43.7 Å². The molecule has 2 N–H and O–H groups in total. The van der Waals surface area contributed by atoms with Gasteiger partial charge in [-0.15, -0.1) is 11.8 Å². The minimum atomic E-state index is 0.146. The molecule has 1 aliphatic heterocycles. The summed E-state index contributed by atoms with van der Waals surface area (Å²) < 4.78 is 0. The van der Waals surface area contributed by atoms with Crippen LogP contribution in [0.5, 0.6) is 0 Å². The van der Waals surface area contributed by atoms with Crippen LogP contribution < -0.4 is 10.6 Å². The number of carbonyl (C=O) groups is 1. The van der Waals surface area contributed by atoms with Crippen LogP contribution in [0, 0.1) is 6.92 Å². The molecule has 0 saturated carbocycles. The van der Waals surface area contributed by atoms with Crippen LogP contribution in [0.15, 0.2) is 29.2 Å². The Kier molecular flexibility index (Phi) is 5.28. The monoisotopic (exact) mass is 278 g/mol. The summed E-state index contributed by atoms with van der Waals surface area (Å²) in [6.07, 6.45) is 2.06. The van der Waals surface area contributed by atoms with Crippen LogP contribution in [-0.2, 0) is 4.79 Å². The number of rotatable bonds is 4. The summed E-state index contributed by atoms with van der Waals surface area (Å²) in [4.78, 5) is 13.1. The van der Waals surface area contributed by atoms with Crippen molar-refractivity contribution in [1.29, 1.82) is 0 Å². The van der Waals surface area contributed by atoms with E-state index in [-0.39, 0.29) is 5.91 Å². The predicted octanol–water partition coefficient (Wildman–Crippen LogP) is 2.34. The van der Waals surface area contributed by atoms with E-state index >= 15 is 0 Å². The smallest absolute Gasteiger partial charge is 0.230 e. The number of aryl methyl sites for hydroxylation is 1. The maximum absolute atomic E-state index is 12.0. The van der Waals surface area contributed by atoms with Crippen molar-refractivity contribution in [1.82, 2.24) is 10.6 Å². The molecule has 0 spiro atoms. The van der Waals surface area contributed by atoms with Gasteiger partial charge in [-0.25, -0.2) is 0 Å². The fourth-order valence-corrected chi connectivity index (χ4v) is 3.23. The Morgan fingerprint density at radius 1 is 1.47 bits per heavy atom. The van der Waals surface area contributed by atoms with E-state index in [1.807, 2.05) is 12.1 Å². The Morgan fingerprint density at radius 2 is 2.26 bits per heavy atom. The molecule has 0 aromatic heterocycles. The van der Waals surface area contributed by atoms with Gasteiger partial charge >= 0.3 is 0 Å². The van der Waals surface area contributed by atoms with Gasteiger partial charge in [0.1, 0.15) is 0 Å². The van der Waals surface area contributed by atoms with Gasteiger partial charge in [0.05, 0.1) is 5.75 Å². The molecular weight excluding hydrogens is 256 g/mol. The number of carbonyl (C=O) groups excluding carboxylic acids is 1. The number of hydrogen-bond acceptors (Lipinski definition) is 3. The Bertz CT molecular complexity index is 436. The standard InChI is InChI=1S/C15H22N2OS/c1-11-5-3-4-6-14(11)19-10-15(18)17-13-7-8-16-12(2)9-13/h3-6,12-13,16H,7-10H2,1-2H3,(H,17,18). The van der Waals surface area contributed by atoms with E-state index in [4.69, 9.17) is 0 Å². The highest BCUT2D eigenvalue weighted by Gasteiger charge is 2.19. The van der Waals surface area contributed by atoms with E-state index in [1.54, 1.807) is 11.8 Å². The van der Waals surface area contributed by atoms with Gasteiger partial charge in [-0.05, 0) is 44.9 Å². The molecule has 2 unspecified atom stereocenters. The molecule has 2 atom stereocenters. The first kappa shape index (κ1) is 14.4. The highest BCUT2D eigenvalue weighted by molar-refractivity contribution is 8.00. The predicted molar refractivity (Wildman–Crippen MR) is 80.5 cm³/mol. The van der Waals surface area contributed by atoms with Crippen molar-refractivity contribution < 1.29 is 4.79 Å². The number of hydrogen-bond donors (Lipinski definition) is 2. The first-order valence-corrected chi connectivity index (χ1v) is 7.85. The van der Waals surface area contributed by atoms with E-state index in [9.17, 15) is 4.79 Å². The van der Waals surface area contributed by atoms with Crippen LogP contribution in [-0.4, -0.2) is 30.3 Å². The Hall–Kier alpha value is -1.00. The third-order valence-electron chi connectivity index (χ3n) is 3.44. The van der Waals surface area contributed by atoms with E-state index in [0.717, 1.165) is 19.4 Å². The van der Waals surface area contributed by atoms with Crippen molar-refractivity contribution in [3.05, 3.63) is 29.8 Å². The second kappa shape index (κ2) is 6.96. The molecule has 2 rings (SSSR count). The largest absolute Gasteiger partial charge is 0.353 e. The van der Waals surface area contributed by atoms with E-state index in [1.165, 1.54) is 10.5 Å². The molecule has 3 nitrogen and oxygen atoms in total. The quantitative estimate of drug-likeness (QED) is 0.831. The lowest BCUT2D eigenvalue weighted by atomic mass is 10.0. The average Bonchev–Trinajstić information content (AvgIpc) is 2.38. The van der Waals surface area contributed by atoms with E-state index in [2.05, 4.69) is 36.6 Å². The lowest BCUT2D eigenvalue weighted by Gasteiger charge is -2.28. The maximum Gasteiger partial charge on any atom is 0.230 e. The lowest BCUT2D eigenvalue weighted by molar-refractivity contribution is -0.119. The number of piperidine rings is 1. The lowest BCUT2D eigenvalue weighted by Crippen LogP contribution is -2.47. The van der Waals surface area contributed by atoms with Crippen molar-refractivity contribution in [3.63, 3.8) is 0 Å². The van der Waals surface area contributed by atoms with Gasteiger partial charge in [-0.1, -0.05) is 18.2 Å². The molecule has 0 bridgehead atoms. The third kappa shape index (κ3) is 4.55. The molecule has 0 aliphatic carbocycles. The zero-order chi connectivity index (χ0) is 13.7. The fourth-order valence-electron chi connectivity index (χ4n) is 2.39. The third-order valence-corrected chi connectivity index (χ3v) is 4.62. The molecule has 1 aliphatic rings. The van der Waals surface area contributed by atoms with Gasteiger partial charge < -0.3 is 10.6 Å². The molecule has 1 saturated heterocycles. The van der Waals surface area contributed by atoms with E-state index < -0.39 is 0 Å². The molecule has 19 heavy (non-hydrogen) atoms. The SMILES string of the molecule is Cc1ccccc1SCC(=O)NC1CCNC(C)C1. The van der Waals surface area contributed by atoms with Crippen LogP contribution in [0.1, 0.15) is 25.3 Å². The molecule has 0 radical (unpaired) electrons. The zero-order valence-electron chi connectivity index (χ0n) is 11.6. The van der Waals surface area contributed by atoms with Crippen LogP contribution in [0.4, 0.5) is 0 Å². The summed E-state index contributed by atoms with van der Waals surface area (Å²) in [5.74, 6) is 0.649. The minimum Gasteiger partial charge on any atom is -0.353 e. The van der Waals surface area contributed by atoms with Gasteiger partial charge in [0, 0.05) is 17.0 Å². The highest BCUT2D eigenvalue weighted by Crippen LogP contribution is 2.21. The number of amides is 1. The molecule has 1 aromatic rings. The first-order chi connectivity index (χ1) is 9.15. The second-order valence-electron chi connectivity index (χ2n) is 5.20. The molecule has 1 aromatic carbocycles.